The van der Waals surface area contributed by atoms with E-state index in [2.05, 4.69) is 5.32 Å². The van der Waals surface area contributed by atoms with Gasteiger partial charge in [0.05, 0.1) is 5.02 Å². The number of halogens is 2. The van der Waals surface area contributed by atoms with Crippen LogP contribution in [0.4, 0.5) is 0 Å². The van der Waals surface area contributed by atoms with Crippen LogP contribution in [0, 0.1) is 0 Å². The van der Waals surface area contributed by atoms with E-state index in [0.717, 1.165) is 0 Å². The molecular formula is C12H16Cl2N2O2. The van der Waals surface area contributed by atoms with E-state index in [4.69, 9.17) is 23.2 Å². The van der Waals surface area contributed by atoms with Crippen molar-refractivity contribution in [3.05, 3.63) is 27.7 Å². The van der Waals surface area contributed by atoms with Crippen LogP contribution in [-0.4, -0.2) is 36.6 Å². The van der Waals surface area contributed by atoms with Crippen molar-refractivity contribution >= 4 is 29.1 Å². The smallest absolute Gasteiger partial charge is 0.221 e. The van der Waals surface area contributed by atoms with Gasteiger partial charge >= 0.3 is 0 Å². The Morgan fingerprint density at radius 3 is 2.72 bits per heavy atom. The molecule has 0 spiro atoms. The number of carbonyl (C=O) groups is 1. The average molecular weight is 291 g/mol. The van der Waals surface area contributed by atoms with E-state index in [1.54, 1.807) is 13.1 Å². The van der Waals surface area contributed by atoms with E-state index in [9.17, 15) is 9.90 Å². The average Bonchev–Trinajstić information content (AvgIpc) is 2.32. The van der Waals surface area contributed by atoms with Crippen LogP contribution in [0.2, 0.25) is 10.0 Å². The normalized spacial score (nSPS) is 10.7. The molecule has 0 unspecified atom stereocenters. The largest absolute Gasteiger partial charge is 0.506 e. The number of amides is 1. The van der Waals surface area contributed by atoms with Gasteiger partial charge in [-0.3, -0.25) is 4.79 Å². The summed E-state index contributed by atoms with van der Waals surface area (Å²) in [5, 5.41) is 13.1. The number of carbonyl (C=O) groups excluding carboxylic acids is 1. The van der Waals surface area contributed by atoms with Crippen molar-refractivity contribution in [3.8, 4) is 5.75 Å². The van der Waals surface area contributed by atoms with Crippen LogP contribution in [0.5, 0.6) is 5.75 Å². The number of phenolic OH excluding ortho intramolecular Hbond substituents is 1. The first kappa shape index (κ1) is 15.1. The molecule has 0 atom stereocenters. The highest BCUT2D eigenvalue weighted by atomic mass is 35.5. The van der Waals surface area contributed by atoms with Gasteiger partial charge in [-0.2, -0.15) is 0 Å². The predicted molar refractivity (Wildman–Crippen MR) is 73.1 cm³/mol. The SMILES string of the molecule is CNC(=O)CCN(C)Cc1cc(Cl)cc(Cl)c1O. The van der Waals surface area contributed by atoms with Gasteiger partial charge in [0.2, 0.25) is 5.91 Å². The van der Waals surface area contributed by atoms with Crippen LogP contribution in [0.3, 0.4) is 0 Å². The zero-order valence-corrected chi connectivity index (χ0v) is 11.8. The number of benzene rings is 1. The number of hydrogen-bond donors (Lipinski definition) is 2. The molecule has 2 N–H and O–H groups in total. The van der Waals surface area contributed by atoms with Crippen molar-refractivity contribution < 1.29 is 9.90 Å². The van der Waals surface area contributed by atoms with Crippen molar-refractivity contribution in [1.82, 2.24) is 10.2 Å². The fourth-order valence-electron chi connectivity index (χ4n) is 1.53. The molecule has 1 aromatic carbocycles. The minimum absolute atomic E-state index is 0.0183. The lowest BCUT2D eigenvalue weighted by Gasteiger charge is -2.17. The van der Waals surface area contributed by atoms with Crippen LogP contribution in [0.25, 0.3) is 0 Å². The summed E-state index contributed by atoms with van der Waals surface area (Å²) in [6.07, 6.45) is 0.405. The summed E-state index contributed by atoms with van der Waals surface area (Å²) in [4.78, 5) is 13.0. The number of nitrogens with zero attached hydrogens (tertiary/aromatic N) is 1. The number of rotatable bonds is 5. The molecule has 100 valence electrons. The fourth-order valence-corrected chi connectivity index (χ4v) is 2.06. The van der Waals surface area contributed by atoms with Crippen molar-refractivity contribution in [2.24, 2.45) is 0 Å². The number of aromatic hydroxyl groups is 1. The summed E-state index contributed by atoms with van der Waals surface area (Å²) in [5.74, 6) is 0.0167. The molecule has 0 saturated carbocycles. The van der Waals surface area contributed by atoms with Crippen molar-refractivity contribution in [1.29, 1.82) is 0 Å². The molecule has 6 heteroatoms. The number of hydrogen-bond acceptors (Lipinski definition) is 3. The minimum atomic E-state index is -0.0183. The summed E-state index contributed by atoms with van der Waals surface area (Å²) in [7, 11) is 3.46. The molecule has 0 radical (unpaired) electrons. The third kappa shape index (κ3) is 4.37. The van der Waals surface area contributed by atoms with E-state index < -0.39 is 0 Å². The van der Waals surface area contributed by atoms with Crippen LogP contribution >= 0.6 is 23.2 Å². The first-order chi connectivity index (χ1) is 8.43. The quantitative estimate of drug-likeness (QED) is 0.875. The number of phenols is 1. The first-order valence-corrected chi connectivity index (χ1v) is 6.25. The Balaban J connectivity index is 2.64. The second kappa shape index (κ2) is 6.83. The van der Waals surface area contributed by atoms with Gasteiger partial charge < -0.3 is 15.3 Å². The first-order valence-electron chi connectivity index (χ1n) is 5.50. The van der Waals surface area contributed by atoms with E-state index in [1.165, 1.54) is 6.07 Å². The molecule has 4 nitrogen and oxygen atoms in total. The Labute approximate surface area is 116 Å². The molecule has 1 amide bonds. The van der Waals surface area contributed by atoms with Gasteiger partial charge in [0.25, 0.3) is 0 Å². The lowest BCUT2D eigenvalue weighted by molar-refractivity contribution is -0.120. The van der Waals surface area contributed by atoms with Gasteiger partial charge in [-0.25, -0.2) is 0 Å². The van der Waals surface area contributed by atoms with Crippen molar-refractivity contribution in [2.45, 2.75) is 13.0 Å². The van der Waals surface area contributed by atoms with Crippen LogP contribution in [-0.2, 0) is 11.3 Å². The molecule has 0 heterocycles. The van der Waals surface area contributed by atoms with Crippen molar-refractivity contribution in [2.75, 3.05) is 20.6 Å². The zero-order valence-electron chi connectivity index (χ0n) is 10.3. The van der Waals surface area contributed by atoms with Gasteiger partial charge in [0.1, 0.15) is 5.75 Å². The van der Waals surface area contributed by atoms with E-state index in [0.29, 0.717) is 30.1 Å². The molecule has 0 aliphatic carbocycles. The third-order valence-electron chi connectivity index (χ3n) is 2.55. The number of nitrogens with one attached hydrogen (secondary N) is 1. The van der Waals surface area contributed by atoms with Crippen LogP contribution in [0.15, 0.2) is 12.1 Å². The summed E-state index contributed by atoms with van der Waals surface area (Å²) < 4.78 is 0. The summed E-state index contributed by atoms with van der Waals surface area (Å²) >= 11 is 11.7. The van der Waals surface area contributed by atoms with Gasteiger partial charge in [-0.15, -0.1) is 0 Å². The molecule has 0 saturated heterocycles. The molecule has 0 aliphatic heterocycles. The van der Waals surface area contributed by atoms with Gasteiger partial charge in [0.15, 0.2) is 0 Å². The Morgan fingerprint density at radius 2 is 2.11 bits per heavy atom. The molecule has 0 aliphatic rings. The monoisotopic (exact) mass is 290 g/mol. The van der Waals surface area contributed by atoms with Gasteiger partial charge in [0, 0.05) is 37.1 Å². The standard InChI is InChI=1S/C12H16Cl2N2O2/c1-15-11(17)3-4-16(2)7-8-5-9(13)6-10(14)12(8)18/h5-6,18H,3-4,7H2,1-2H3,(H,15,17). The van der Waals surface area contributed by atoms with Crippen LogP contribution < -0.4 is 5.32 Å². The topological polar surface area (TPSA) is 52.6 Å². The Bertz CT molecular complexity index is 438. The van der Waals surface area contributed by atoms with E-state index in [1.807, 2.05) is 11.9 Å². The van der Waals surface area contributed by atoms with E-state index >= 15 is 0 Å². The fraction of sp³-hybridized carbons (Fsp3) is 0.417. The lowest BCUT2D eigenvalue weighted by Crippen LogP contribution is -2.26. The second-order valence-corrected chi connectivity index (χ2v) is 4.90. The minimum Gasteiger partial charge on any atom is -0.506 e. The molecule has 1 rings (SSSR count). The maximum atomic E-state index is 11.1. The second-order valence-electron chi connectivity index (χ2n) is 4.06. The molecular weight excluding hydrogens is 275 g/mol. The Kier molecular flexibility index (Phi) is 5.72. The lowest BCUT2D eigenvalue weighted by atomic mass is 10.2. The summed E-state index contributed by atoms with van der Waals surface area (Å²) in [6, 6.07) is 3.16. The molecule has 0 fully saturated rings. The van der Waals surface area contributed by atoms with Crippen LogP contribution in [0.1, 0.15) is 12.0 Å². The molecule has 0 aromatic heterocycles. The molecule has 1 aromatic rings. The highest BCUT2D eigenvalue weighted by molar-refractivity contribution is 6.35. The molecule has 0 bridgehead atoms. The third-order valence-corrected chi connectivity index (χ3v) is 3.05. The van der Waals surface area contributed by atoms with Gasteiger partial charge in [-0.1, -0.05) is 23.2 Å². The highest BCUT2D eigenvalue weighted by Gasteiger charge is 2.11. The Hall–Kier alpha value is -0.970. The maximum Gasteiger partial charge on any atom is 0.221 e. The molecule has 18 heavy (non-hydrogen) atoms. The highest BCUT2D eigenvalue weighted by Crippen LogP contribution is 2.31. The van der Waals surface area contributed by atoms with Gasteiger partial charge in [-0.05, 0) is 19.2 Å². The predicted octanol–water partition coefficient (Wildman–Crippen LogP) is 2.27. The maximum absolute atomic E-state index is 11.1. The van der Waals surface area contributed by atoms with E-state index in [-0.39, 0.29) is 16.7 Å². The zero-order chi connectivity index (χ0) is 13.7. The summed E-state index contributed by atoms with van der Waals surface area (Å²) in [5.41, 5.74) is 0.645. The Morgan fingerprint density at radius 1 is 1.44 bits per heavy atom. The summed E-state index contributed by atoms with van der Waals surface area (Å²) in [6.45, 7) is 1.06. The van der Waals surface area contributed by atoms with Crippen molar-refractivity contribution in [3.63, 3.8) is 0 Å².